The van der Waals surface area contributed by atoms with Crippen LogP contribution in [0.5, 0.6) is 11.5 Å². The Morgan fingerprint density at radius 2 is 2.20 bits per heavy atom. The third-order valence-corrected chi connectivity index (χ3v) is 2.52. The first kappa shape index (κ1) is 13.6. The molecule has 1 aromatic carbocycles. The van der Waals surface area contributed by atoms with Crippen LogP contribution < -0.4 is 9.47 Å². The molecule has 0 radical (unpaired) electrons. The molecule has 0 aliphatic heterocycles. The lowest BCUT2D eigenvalue weighted by atomic mass is 10.2. The first-order valence-corrected chi connectivity index (χ1v) is 5.63. The van der Waals surface area contributed by atoms with Gasteiger partial charge in [0, 0.05) is 0 Å². The fourth-order valence-electron chi connectivity index (χ4n) is 1.54. The number of hydrogen-bond acceptors (Lipinski definition) is 6. The highest BCUT2D eigenvalue weighted by atomic mass is 16.6. The highest BCUT2D eigenvalue weighted by Crippen LogP contribution is 2.31. The van der Waals surface area contributed by atoms with Gasteiger partial charge >= 0.3 is 5.69 Å². The van der Waals surface area contributed by atoms with Crippen molar-refractivity contribution in [2.24, 2.45) is 0 Å². The quantitative estimate of drug-likeness (QED) is 0.457. The fourth-order valence-corrected chi connectivity index (χ4v) is 1.54. The van der Waals surface area contributed by atoms with Gasteiger partial charge in [0.25, 0.3) is 0 Å². The molecule has 0 atom stereocenters. The van der Waals surface area contributed by atoms with E-state index in [1.165, 1.54) is 37.6 Å². The molecule has 0 spiro atoms. The first-order valence-electron chi connectivity index (χ1n) is 5.63. The highest BCUT2D eigenvalue weighted by molar-refractivity contribution is 5.94. The first-order chi connectivity index (χ1) is 9.61. The SMILES string of the molecule is COc1ccc(OCC(=O)c2ccco2)c([N+](=O)[O-])c1. The van der Waals surface area contributed by atoms with Gasteiger partial charge in [0.15, 0.2) is 18.1 Å². The zero-order chi connectivity index (χ0) is 14.5. The van der Waals surface area contributed by atoms with Crippen LogP contribution in [0, 0.1) is 10.1 Å². The monoisotopic (exact) mass is 277 g/mol. The number of rotatable bonds is 6. The van der Waals surface area contributed by atoms with E-state index in [-0.39, 0.29) is 23.8 Å². The van der Waals surface area contributed by atoms with Gasteiger partial charge in [-0.25, -0.2) is 0 Å². The number of furan rings is 1. The molecular weight excluding hydrogens is 266 g/mol. The Labute approximate surface area is 113 Å². The molecule has 104 valence electrons. The summed E-state index contributed by atoms with van der Waals surface area (Å²) in [6, 6.07) is 7.19. The summed E-state index contributed by atoms with van der Waals surface area (Å²) in [5.41, 5.74) is -0.267. The van der Waals surface area contributed by atoms with Crippen LogP contribution in [-0.4, -0.2) is 24.4 Å². The molecule has 0 unspecified atom stereocenters. The van der Waals surface area contributed by atoms with Crippen molar-refractivity contribution in [2.75, 3.05) is 13.7 Å². The van der Waals surface area contributed by atoms with Gasteiger partial charge in [0.05, 0.1) is 24.4 Å². The van der Waals surface area contributed by atoms with Crippen molar-refractivity contribution in [2.45, 2.75) is 0 Å². The highest BCUT2D eigenvalue weighted by Gasteiger charge is 2.18. The second kappa shape index (κ2) is 5.87. The fraction of sp³-hybridized carbons (Fsp3) is 0.154. The number of hydrogen-bond donors (Lipinski definition) is 0. The van der Waals surface area contributed by atoms with Crippen LogP contribution in [-0.2, 0) is 0 Å². The Morgan fingerprint density at radius 1 is 1.40 bits per heavy atom. The topological polar surface area (TPSA) is 91.8 Å². The van der Waals surface area contributed by atoms with E-state index >= 15 is 0 Å². The van der Waals surface area contributed by atoms with Crippen LogP contribution in [0.15, 0.2) is 41.0 Å². The van der Waals surface area contributed by atoms with E-state index in [9.17, 15) is 14.9 Å². The number of nitrogens with zero attached hydrogens (tertiary/aromatic N) is 1. The predicted octanol–water partition coefficient (Wildman–Crippen LogP) is 2.46. The minimum Gasteiger partial charge on any atom is -0.496 e. The summed E-state index contributed by atoms with van der Waals surface area (Å²) in [4.78, 5) is 22.0. The van der Waals surface area contributed by atoms with Gasteiger partial charge in [-0.2, -0.15) is 0 Å². The summed E-state index contributed by atoms with van der Waals surface area (Å²) < 4.78 is 15.0. The maximum Gasteiger partial charge on any atom is 0.314 e. The molecule has 7 nitrogen and oxygen atoms in total. The average molecular weight is 277 g/mol. The normalized spacial score (nSPS) is 10.1. The summed E-state index contributed by atoms with van der Waals surface area (Å²) in [6.07, 6.45) is 1.36. The van der Waals surface area contributed by atoms with E-state index in [2.05, 4.69) is 0 Å². The molecule has 1 heterocycles. The summed E-state index contributed by atoms with van der Waals surface area (Å²) in [6.45, 7) is -0.347. The lowest BCUT2D eigenvalue weighted by molar-refractivity contribution is -0.385. The second-order valence-corrected chi connectivity index (χ2v) is 3.78. The Kier molecular flexibility index (Phi) is 3.99. The van der Waals surface area contributed by atoms with E-state index in [4.69, 9.17) is 13.9 Å². The van der Waals surface area contributed by atoms with Crippen molar-refractivity contribution in [3.63, 3.8) is 0 Å². The van der Waals surface area contributed by atoms with E-state index in [1.54, 1.807) is 6.07 Å². The summed E-state index contributed by atoms with van der Waals surface area (Å²) in [7, 11) is 1.40. The molecule has 0 fully saturated rings. The third kappa shape index (κ3) is 2.94. The molecule has 0 saturated carbocycles. The molecule has 7 heteroatoms. The molecule has 0 N–H and O–H groups in total. The predicted molar refractivity (Wildman–Crippen MR) is 68.2 cm³/mol. The standard InChI is InChI=1S/C13H11NO6/c1-18-9-4-5-12(10(7-9)14(16)17)20-8-11(15)13-3-2-6-19-13/h2-7H,8H2,1H3. The van der Waals surface area contributed by atoms with Gasteiger partial charge in [0.2, 0.25) is 5.78 Å². The zero-order valence-corrected chi connectivity index (χ0v) is 10.6. The van der Waals surface area contributed by atoms with E-state index in [0.29, 0.717) is 5.75 Å². The van der Waals surface area contributed by atoms with Gasteiger partial charge in [-0.1, -0.05) is 0 Å². The number of methoxy groups -OCH3 is 1. The Hall–Kier alpha value is -2.83. The molecule has 0 aliphatic rings. The van der Waals surface area contributed by atoms with Crippen LogP contribution in [0.4, 0.5) is 5.69 Å². The van der Waals surface area contributed by atoms with Crippen molar-refractivity contribution < 1.29 is 23.6 Å². The minimum atomic E-state index is -0.602. The van der Waals surface area contributed by atoms with Gasteiger partial charge in [-0.15, -0.1) is 0 Å². The molecule has 0 saturated heterocycles. The smallest absolute Gasteiger partial charge is 0.314 e. The number of ether oxygens (including phenoxy) is 2. The van der Waals surface area contributed by atoms with Crippen molar-refractivity contribution in [3.05, 3.63) is 52.5 Å². The van der Waals surface area contributed by atoms with Crippen LogP contribution in [0.1, 0.15) is 10.6 Å². The third-order valence-electron chi connectivity index (χ3n) is 2.52. The summed E-state index contributed by atoms with van der Waals surface area (Å²) in [5.74, 6) is 0.0680. The summed E-state index contributed by atoms with van der Waals surface area (Å²) >= 11 is 0. The van der Waals surface area contributed by atoms with Gasteiger partial charge < -0.3 is 13.9 Å². The van der Waals surface area contributed by atoms with Crippen molar-refractivity contribution in [1.29, 1.82) is 0 Å². The lowest BCUT2D eigenvalue weighted by Gasteiger charge is -2.06. The average Bonchev–Trinajstić information content (AvgIpc) is 2.98. The van der Waals surface area contributed by atoms with Crippen LogP contribution >= 0.6 is 0 Å². The summed E-state index contributed by atoms with van der Waals surface area (Å²) in [5, 5.41) is 10.9. The maximum atomic E-state index is 11.7. The van der Waals surface area contributed by atoms with Crippen molar-refractivity contribution in [1.82, 2.24) is 0 Å². The van der Waals surface area contributed by atoms with Gasteiger partial charge in [-0.05, 0) is 24.3 Å². The Balaban J connectivity index is 2.13. The lowest BCUT2D eigenvalue weighted by Crippen LogP contribution is -2.11. The molecular formula is C13H11NO6. The molecule has 0 bridgehead atoms. The van der Waals surface area contributed by atoms with Crippen molar-refractivity contribution in [3.8, 4) is 11.5 Å². The molecule has 0 amide bonds. The molecule has 2 aromatic rings. The Morgan fingerprint density at radius 3 is 2.80 bits per heavy atom. The van der Waals surface area contributed by atoms with Gasteiger partial charge in [0.1, 0.15) is 5.75 Å². The van der Waals surface area contributed by atoms with Crippen LogP contribution in [0.2, 0.25) is 0 Å². The van der Waals surface area contributed by atoms with Crippen LogP contribution in [0.25, 0.3) is 0 Å². The van der Waals surface area contributed by atoms with E-state index < -0.39 is 10.7 Å². The molecule has 0 aliphatic carbocycles. The maximum absolute atomic E-state index is 11.7. The number of Topliss-reactive ketones (excluding diaryl/α,β-unsaturated/α-hetero) is 1. The van der Waals surface area contributed by atoms with E-state index in [1.807, 2.05) is 0 Å². The Bertz CT molecular complexity index is 620. The van der Waals surface area contributed by atoms with Crippen molar-refractivity contribution >= 4 is 11.5 Å². The number of carbonyl (C=O) groups excluding carboxylic acids is 1. The van der Waals surface area contributed by atoms with Gasteiger partial charge in [-0.3, -0.25) is 14.9 Å². The van der Waals surface area contributed by atoms with E-state index in [0.717, 1.165) is 0 Å². The largest absolute Gasteiger partial charge is 0.496 e. The zero-order valence-electron chi connectivity index (χ0n) is 10.6. The minimum absolute atomic E-state index is 0.00398. The number of nitro benzene ring substituents is 1. The van der Waals surface area contributed by atoms with Crippen LogP contribution in [0.3, 0.4) is 0 Å². The molecule has 2 rings (SSSR count). The molecule has 1 aromatic heterocycles. The number of benzene rings is 1. The number of ketones is 1. The molecule has 20 heavy (non-hydrogen) atoms. The second-order valence-electron chi connectivity index (χ2n) is 3.78. The number of carbonyl (C=O) groups is 1. The number of nitro groups is 1.